The van der Waals surface area contributed by atoms with Gasteiger partial charge in [0.25, 0.3) is 5.56 Å². The molecule has 0 fully saturated rings. The molecule has 24 heavy (non-hydrogen) atoms. The van der Waals surface area contributed by atoms with Crippen LogP contribution >= 0.6 is 0 Å². The third-order valence-electron chi connectivity index (χ3n) is 4.36. The van der Waals surface area contributed by atoms with E-state index in [2.05, 4.69) is 17.6 Å². The lowest BCUT2D eigenvalue weighted by atomic mass is 10.1. The molecule has 4 heteroatoms. The number of rotatable bonds is 4. The highest BCUT2D eigenvalue weighted by Crippen LogP contribution is 2.22. The Morgan fingerprint density at radius 3 is 2.42 bits per heavy atom. The maximum absolute atomic E-state index is 12.8. The molecule has 4 aromatic rings. The van der Waals surface area contributed by atoms with Crippen LogP contribution < -0.4 is 5.56 Å². The van der Waals surface area contributed by atoms with Gasteiger partial charge in [-0.15, -0.1) is 0 Å². The molecule has 0 aliphatic heterocycles. The Labute approximate surface area is 140 Å². The van der Waals surface area contributed by atoms with Crippen molar-refractivity contribution in [2.75, 3.05) is 0 Å². The van der Waals surface area contributed by atoms with Crippen molar-refractivity contribution in [2.24, 2.45) is 0 Å². The van der Waals surface area contributed by atoms with Crippen LogP contribution in [-0.2, 0) is 6.54 Å². The zero-order valence-corrected chi connectivity index (χ0v) is 13.6. The third-order valence-corrected chi connectivity index (χ3v) is 4.36. The Morgan fingerprint density at radius 1 is 0.958 bits per heavy atom. The lowest BCUT2D eigenvalue weighted by Gasteiger charge is -2.06. The van der Waals surface area contributed by atoms with Gasteiger partial charge >= 0.3 is 0 Å². The summed E-state index contributed by atoms with van der Waals surface area (Å²) in [5, 5.41) is 0. The molecule has 2 heterocycles. The van der Waals surface area contributed by atoms with Gasteiger partial charge in [-0.2, -0.15) is 0 Å². The van der Waals surface area contributed by atoms with Crippen LogP contribution in [0.15, 0.2) is 65.5 Å². The van der Waals surface area contributed by atoms with Crippen molar-refractivity contribution in [3.05, 3.63) is 71.0 Å². The van der Waals surface area contributed by atoms with Gasteiger partial charge in [0.2, 0.25) is 5.78 Å². The second-order valence-corrected chi connectivity index (χ2v) is 5.97. The number of aromatic nitrogens is 3. The number of unbranched alkanes of at least 4 members (excludes halogenated alkanes) is 1. The summed E-state index contributed by atoms with van der Waals surface area (Å²) in [5.41, 5.74) is 3.62. The maximum Gasteiger partial charge on any atom is 0.260 e. The lowest BCUT2D eigenvalue weighted by molar-refractivity contribution is 0.655. The number of fused-ring (bicyclic) bond motifs is 3. The second kappa shape index (κ2) is 5.96. The number of nitrogens with zero attached hydrogens (tertiary/aromatic N) is 3. The normalized spacial score (nSPS) is 11.4. The molecule has 0 aliphatic rings. The Bertz CT molecular complexity index is 1060. The van der Waals surface area contributed by atoms with Gasteiger partial charge in [-0.1, -0.05) is 55.8 Å². The van der Waals surface area contributed by atoms with Crippen LogP contribution in [0.2, 0.25) is 0 Å². The summed E-state index contributed by atoms with van der Waals surface area (Å²) in [4.78, 5) is 17.6. The smallest absolute Gasteiger partial charge is 0.260 e. The van der Waals surface area contributed by atoms with Crippen LogP contribution in [0, 0.1) is 0 Å². The summed E-state index contributed by atoms with van der Waals surface area (Å²) in [7, 11) is 0. The molecule has 2 aromatic heterocycles. The van der Waals surface area contributed by atoms with Gasteiger partial charge in [0.05, 0.1) is 16.7 Å². The van der Waals surface area contributed by atoms with E-state index in [4.69, 9.17) is 4.98 Å². The number of hydrogen-bond acceptors (Lipinski definition) is 2. The minimum atomic E-state index is -0.0368. The molecule has 0 amide bonds. The van der Waals surface area contributed by atoms with Crippen molar-refractivity contribution in [1.82, 2.24) is 14.0 Å². The second-order valence-electron chi connectivity index (χ2n) is 5.97. The fourth-order valence-corrected chi connectivity index (χ4v) is 3.16. The fourth-order valence-electron chi connectivity index (χ4n) is 3.16. The lowest BCUT2D eigenvalue weighted by Crippen LogP contribution is -2.14. The summed E-state index contributed by atoms with van der Waals surface area (Å²) in [6.07, 6.45) is 2.15. The van der Waals surface area contributed by atoms with Crippen LogP contribution in [-0.4, -0.2) is 14.0 Å². The van der Waals surface area contributed by atoms with Crippen molar-refractivity contribution >= 4 is 16.8 Å². The molecule has 0 bridgehead atoms. The molecule has 0 aliphatic carbocycles. The van der Waals surface area contributed by atoms with Crippen molar-refractivity contribution in [3.8, 4) is 11.3 Å². The summed E-state index contributed by atoms with van der Waals surface area (Å²) in [6, 6.07) is 19.5. The SMILES string of the molecule is CCCCn1c2ccccc2n2c(=O)cc(-c3ccccc3)nc12. The highest BCUT2D eigenvalue weighted by Gasteiger charge is 2.14. The Hall–Kier alpha value is -2.88. The first-order valence-electron chi connectivity index (χ1n) is 8.36. The molecule has 2 aromatic carbocycles. The Morgan fingerprint density at radius 2 is 1.67 bits per heavy atom. The van der Waals surface area contributed by atoms with Crippen molar-refractivity contribution in [2.45, 2.75) is 26.3 Å². The van der Waals surface area contributed by atoms with Gasteiger partial charge in [-0.25, -0.2) is 9.38 Å². The Kier molecular flexibility index (Phi) is 3.65. The van der Waals surface area contributed by atoms with E-state index in [0.29, 0.717) is 0 Å². The molecule has 4 nitrogen and oxygen atoms in total. The number of benzene rings is 2. The Balaban J connectivity index is 2.06. The van der Waals surface area contributed by atoms with Gasteiger partial charge in [-0.3, -0.25) is 4.79 Å². The van der Waals surface area contributed by atoms with Gasteiger partial charge < -0.3 is 4.57 Å². The van der Waals surface area contributed by atoms with Crippen LogP contribution in [0.1, 0.15) is 19.8 Å². The number of imidazole rings is 1. The van der Waals surface area contributed by atoms with E-state index in [1.807, 2.05) is 48.5 Å². The molecule has 0 spiro atoms. The molecule has 0 saturated carbocycles. The molecule has 0 N–H and O–H groups in total. The molecular formula is C20H19N3O. The van der Waals surface area contributed by atoms with E-state index in [9.17, 15) is 4.79 Å². The highest BCUT2D eigenvalue weighted by molar-refractivity contribution is 5.81. The van der Waals surface area contributed by atoms with Crippen LogP contribution in [0.5, 0.6) is 0 Å². The highest BCUT2D eigenvalue weighted by atomic mass is 16.1. The van der Waals surface area contributed by atoms with Crippen LogP contribution in [0.25, 0.3) is 28.1 Å². The topological polar surface area (TPSA) is 39.3 Å². The molecule has 0 unspecified atom stereocenters. The standard InChI is InChI=1S/C20H19N3O/c1-2-3-13-22-17-11-7-8-12-18(17)23-19(24)14-16(21-20(22)23)15-9-5-4-6-10-15/h4-12,14H,2-3,13H2,1H3. The third kappa shape index (κ3) is 2.31. The number of hydrogen-bond donors (Lipinski definition) is 0. The van der Waals surface area contributed by atoms with E-state index in [-0.39, 0.29) is 5.56 Å². The summed E-state index contributed by atoms with van der Waals surface area (Å²) < 4.78 is 3.88. The van der Waals surface area contributed by atoms with Crippen LogP contribution in [0.3, 0.4) is 0 Å². The molecule has 0 atom stereocenters. The van der Waals surface area contributed by atoms with E-state index < -0.39 is 0 Å². The predicted octanol–water partition coefficient (Wildman–Crippen LogP) is 4.12. The van der Waals surface area contributed by atoms with Crippen molar-refractivity contribution in [1.29, 1.82) is 0 Å². The van der Waals surface area contributed by atoms with Crippen molar-refractivity contribution in [3.63, 3.8) is 0 Å². The predicted molar refractivity (Wildman–Crippen MR) is 97.3 cm³/mol. The zero-order valence-electron chi connectivity index (χ0n) is 13.6. The minimum Gasteiger partial charge on any atom is -0.310 e. The van der Waals surface area contributed by atoms with Crippen molar-refractivity contribution < 1.29 is 0 Å². The fraction of sp³-hybridized carbons (Fsp3) is 0.200. The van der Waals surface area contributed by atoms with E-state index >= 15 is 0 Å². The van der Waals surface area contributed by atoms with E-state index in [0.717, 1.165) is 47.5 Å². The van der Waals surface area contributed by atoms with Crippen LogP contribution in [0.4, 0.5) is 0 Å². The molecular weight excluding hydrogens is 298 g/mol. The van der Waals surface area contributed by atoms with E-state index in [1.54, 1.807) is 10.5 Å². The van der Waals surface area contributed by atoms with Gasteiger partial charge in [-0.05, 0) is 18.6 Å². The summed E-state index contributed by atoms with van der Waals surface area (Å²) in [5.74, 6) is 0.719. The quantitative estimate of drug-likeness (QED) is 0.568. The molecule has 4 rings (SSSR count). The van der Waals surface area contributed by atoms with E-state index in [1.165, 1.54) is 0 Å². The minimum absolute atomic E-state index is 0.0368. The maximum atomic E-state index is 12.8. The van der Waals surface area contributed by atoms with Gasteiger partial charge in [0.15, 0.2) is 0 Å². The summed E-state index contributed by atoms with van der Waals surface area (Å²) in [6.45, 7) is 3.03. The van der Waals surface area contributed by atoms with Gasteiger partial charge in [0, 0.05) is 18.2 Å². The first-order valence-corrected chi connectivity index (χ1v) is 8.36. The molecule has 120 valence electrons. The average molecular weight is 317 g/mol. The average Bonchev–Trinajstić information content (AvgIpc) is 2.95. The number of para-hydroxylation sites is 2. The van der Waals surface area contributed by atoms with Gasteiger partial charge in [0.1, 0.15) is 0 Å². The molecule has 0 saturated heterocycles. The monoisotopic (exact) mass is 317 g/mol. The zero-order chi connectivity index (χ0) is 16.5. The molecule has 0 radical (unpaired) electrons. The summed E-state index contributed by atoms with van der Waals surface area (Å²) >= 11 is 0. The first kappa shape index (κ1) is 14.7. The first-order chi connectivity index (χ1) is 11.8. The number of aryl methyl sites for hydroxylation is 1. The largest absolute Gasteiger partial charge is 0.310 e.